The minimum Gasteiger partial charge on any atom is -0.242 e. The first-order chi connectivity index (χ1) is 20.2. The summed E-state index contributed by atoms with van der Waals surface area (Å²) in [7, 11) is 0. The van der Waals surface area contributed by atoms with Crippen LogP contribution in [0.25, 0.3) is 63.8 Å². The van der Waals surface area contributed by atoms with E-state index in [0.717, 1.165) is 35.3 Å². The lowest BCUT2D eigenvalue weighted by atomic mass is 10.0. The summed E-state index contributed by atoms with van der Waals surface area (Å²) in [4.78, 5) is 16.1. The third-order valence-corrected chi connectivity index (χ3v) is 11.8. The van der Waals surface area contributed by atoms with Crippen LogP contribution in [0, 0.1) is 0 Å². The topological polar surface area (TPSA) is 25.8 Å². The summed E-state index contributed by atoms with van der Waals surface area (Å²) in [6, 6.07) is 18.0. The molecule has 0 atom stereocenters. The van der Waals surface area contributed by atoms with E-state index < -0.39 is 0 Å². The molecule has 4 aromatic heterocycles. The Balaban J connectivity index is 1.33. The number of unbranched alkanes of at least 4 members (excludes halogenated alkanes) is 6. The van der Waals surface area contributed by atoms with Crippen LogP contribution in [-0.2, 0) is 12.8 Å². The van der Waals surface area contributed by atoms with Crippen molar-refractivity contribution in [2.45, 2.75) is 78.1 Å². The molecule has 0 spiro atoms. The predicted molar refractivity (Wildman–Crippen MR) is 182 cm³/mol. The Morgan fingerprint density at radius 2 is 1.12 bits per heavy atom. The van der Waals surface area contributed by atoms with Gasteiger partial charge in [0, 0.05) is 26.3 Å². The number of aryl methyl sites for hydroxylation is 2. The van der Waals surface area contributed by atoms with Gasteiger partial charge in [0.15, 0.2) is 0 Å². The average molecular weight is 593 g/mol. The highest BCUT2D eigenvalue weighted by atomic mass is 32.1. The first-order valence-electron chi connectivity index (χ1n) is 15.3. The molecule has 0 saturated carbocycles. The first-order valence-corrected chi connectivity index (χ1v) is 17.8. The van der Waals surface area contributed by atoms with Crippen LogP contribution in [0.1, 0.15) is 76.3 Å². The van der Waals surface area contributed by atoms with Crippen molar-refractivity contribution in [1.82, 2.24) is 9.97 Å². The van der Waals surface area contributed by atoms with Gasteiger partial charge < -0.3 is 0 Å². The highest BCUT2D eigenvalue weighted by molar-refractivity contribution is 7.27. The fourth-order valence-electron chi connectivity index (χ4n) is 6.16. The average Bonchev–Trinajstić information content (AvgIpc) is 3.79. The summed E-state index contributed by atoms with van der Waals surface area (Å²) in [6.07, 6.45) is 12.7. The lowest BCUT2D eigenvalue weighted by Crippen LogP contribution is -1.89. The van der Waals surface area contributed by atoms with Gasteiger partial charge in [0.05, 0.1) is 21.1 Å². The standard InChI is InChI=1S/C36H36N2S3/c1-3-5-7-9-13-23-19-28(39-21-23)35-33-34(36(41-35)29-20-24(22-40-29)14-10-8-6-4-2)38-32-27-18-12-16-25-15-11-17-26(30(25)27)31(32)37-33/h11-12,15-22H,3-10,13-14H2,1-2H3. The second-order valence-corrected chi connectivity index (χ2v) is 14.2. The molecule has 208 valence electrons. The van der Waals surface area contributed by atoms with Crippen molar-refractivity contribution in [3.8, 4) is 42.0 Å². The van der Waals surface area contributed by atoms with E-state index >= 15 is 0 Å². The quantitative estimate of drug-likeness (QED) is 0.132. The largest absolute Gasteiger partial charge is 0.242 e. The first kappa shape index (κ1) is 27.0. The van der Waals surface area contributed by atoms with Gasteiger partial charge >= 0.3 is 0 Å². The van der Waals surface area contributed by atoms with Crippen LogP contribution in [0.15, 0.2) is 59.3 Å². The van der Waals surface area contributed by atoms with Gasteiger partial charge in [0.1, 0.15) is 11.0 Å². The van der Waals surface area contributed by atoms with E-state index in [1.807, 2.05) is 34.0 Å². The van der Waals surface area contributed by atoms with Gasteiger partial charge in [-0.2, -0.15) is 0 Å². The molecule has 0 saturated heterocycles. The number of aromatic nitrogens is 2. The minimum atomic E-state index is 1.04. The van der Waals surface area contributed by atoms with Crippen molar-refractivity contribution < 1.29 is 0 Å². The fraction of sp³-hybridized carbons (Fsp3) is 0.333. The smallest absolute Gasteiger partial charge is 0.110 e. The minimum absolute atomic E-state index is 1.04. The summed E-state index contributed by atoms with van der Waals surface area (Å²) in [5.41, 5.74) is 9.55. The van der Waals surface area contributed by atoms with Gasteiger partial charge in [-0.1, -0.05) is 88.8 Å². The van der Waals surface area contributed by atoms with E-state index in [4.69, 9.17) is 9.97 Å². The summed E-state index contributed by atoms with van der Waals surface area (Å²) >= 11 is 5.63. The molecule has 0 fully saturated rings. The maximum Gasteiger partial charge on any atom is 0.110 e. The van der Waals surface area contributed by atoms with Crippen molar-refractivity contribution in [1.29, 1.82) is 0 Å². The van der Waals surface area contributed by atoms with Crippen LogP contribution in [-0.4, -0.2) is 9.97 Å². The van der Waals surface area contributed by atoms with Crippen molar-refractivity contribution in [3.05, 3.63) is 70.4 Å². The molecule has 0 radical (unpaired) electrons. The Bertz CT molecular complexity index is 1710. The molecule has 6 aromatic rings. The zero-order chi connectivity index (χ0) is 27.8. The molecule has 41 heavy (non-hydrogen) atoms. The second-order valence-electron chi connectivity index (χ2n) is 11.3. The van der Waals surface area contributed by atoms with Crippen molar-refractivity contribution in [3.63, 3.8) is 0 Å². The Labute approximate surface area is 255 Å². The third-order valence-electron chi connectivity index (χ3n) is 8.34. The van der Waals surface area contributed by atoms with E-state index in [9.17, 15) is 0 Å². The molecule has 2 aromatic carbocycles. The Hall–Kier alpha value is -2.86. The van der Waals surface area contributed by atoms with Crippen molar-refractivity contribution in [2.75, 3.05) is 0 Å². The summed E-state index contributed by atoms with van der Waals surface area (Å²) in [5.74, 6) is 0. The van der Waals surface area contributed by atoms with E-state index in [2.05, 4.69) is 73.1 Å². The van der Waals surface area contributed by atoms with Crippen molar-refractivity contribution in [2.24, 2.45) is 0 Å². The van der Waals surface area contributed by atoms with Crippen LogP contribution in [0.4, 0.5) is 0 Å². The molecular weight excluding hydrogens is 557 g/mol. The molecule has 0 unspecified atom stereocenters. The Morgan fingerprint density at radius 3 is 1.61 bits per heavy atom. The Morgan fingerprint density at radius 1 is 0.610 bits per heavy atom. The van der Waals surface area contributed by atoms with E-state index in [0.29, 0.717) is 0 Å². The maximum absolute atomic E-state index is 5.45. The zero-order valence-electron chi connectivity index (χ0n) is 24.0. The Kier molecular flexibility index (Phi) is 7.77. The van der Waals surface area contributed by atoms with Crippen LogP contribution in [0.5, 0.6) is 0 Å². The molecule has 0 N–H and O–H groups in total. The second kappa shape index (κ2) is 11.8. The molecule has 0 bridgehead atoms. The molecule has 1 aliphatic carbocycles. The zero-order valence-corrected chi connectivity index (χ0v) is 26.4. The molecule has 1 aliphatic rings. The number of hydrogen-bond acceptors (Lipinski definition) is 5. The van der Waals surface area contributed by atoms with Gasteiger partial charge in [-0.15, -0.1) is 34.0 Å². The van der Waals surface area contributed by atoms with Crippen LogP contribution in [0.3, 0.4) is 0 Å². The van der Waals surface area contributed by atoms with Gasteiger partial charge in [0.25, 0.3) is 0 Å². The van der Waals surface area contributed by atoms with E-state index in [1.165, 1.54) is 104 Å². The lowest BCUT2D eigenvalue weighted by Gasteiger charge is -2.03. The number of rotatable bonds is 12. The summed E-state index contributed by atoms with van der Waals surface area (Å²) in [5, 5.41) is 7.28. The summed E-state index contributed by atoms with van der Waals surface area (Å²) < 4.78 is 0. The molecule has 0 aliphatic heterocycles. The van der Waals surface area contributed by atoms with Crippen molar-refractivity contribution >= 4 is 55.8 Å². The predicted octanol–water partition coefficient (Wildman–Crippen LogP) is 12.2. The lowest BCUT2D eigenvalue weighted by molar-refractivity contribution is 0.667. The van der Waals surface area contributed by atoms with Gasteiger partial charge in [0.2, 0.25) is 0 Å². The number of fused-ring (bicyclic) bond motifs is 4. The van der Waals surface area contributed by atoms with Gasteiger partial charge in [-0.25, -0.2) is 9.97 Å². The van der Waals surface area contributed by atoms with Crippen LogP contribution in [0.2, 0.25) is 0 Å². The molecular formula is C36H36N2S3. The normalized spacial score (nSPS) is 12.1. The van der Waals surface area contributed by atoms with Crippen LogP contribution < -0.4 is 0 Å². The number of thiophene rings is 3. The highest BCUT2D eigenvalue weighted by Gasteiger charge is 2.28. The molecule has 5 heteroatoms. The van der Waals surface area contributed by atoms with Crippen LogP contribution >= 0.6 is 34.0 Å². The molecule has 2 nitrogen and oxygen atoms in total. The molecule has 7 rings (SSSR count). The van der Waals surface area contributed by atoms with E-state index in [-0.39, 0.29) is 0 Å². The number of benzene rings is 2. The molecule has 4 heterocycles. The number of nitrogens with zero attached hydrogens (tertiary/aromatic N) is 2. The maximum atomic E-state index is 5.45. The monoisotopic (exact) mass is 592 g/mol. The SMILES string of the molecule is CCCCCCc1csc(-c2sc(-c3cc(CCCCCC)cs3)c3nc4c(nc23)-c2cccc3cccc-4c23)c1. The molecule has 0 amide bonds. The van der Waals surface area contributed by atoms with Gasteiger partial charge in [-0.3, -0.25) is 0 Å². The number of hydrogen-bond donors (Lipinski definition) is 0. The highest BCUT2D eigenvalue weighted by Crippen LogP contribution is 2.51. The fourth-order valence-corrected chi connectivity index (χ4v) is 9.47. The van der Waals surface area contributed by atoms with E-state index in [1.54, 1.807) is 0 Å². The third kappa shape index (κ3) is 5.07. The van der Waals surface area contributed by atoms with Gasteiger partial charge in [-0.05, 0) is 65.1 Å². The summed E-state index contributed by atoms with van der Waals surface area (Å²) in [6.45, 7) is 4.56.